The van der Waals surface area contributed by atoms with Crippen molar-refractivity contribution in [3.05, 3.63) is 51.8 Å². The third kappa shape index (κ3) is 3.42. The number of nitrogens with zero attached hydrogens (tertiary/aromatic N) is 4. The zero-order valence-electron chi connectivity index (χ0n) is 10.5. The lowest BCUT2D eigenvalue weighted by Gasteiger charge is -2.04. The Kier molecular flexibility index (Phi) is 4.52. The van der Waals surface area contributed by atoms with Crippen molar-refractivity contribution < 1.29 is 4.42 Å². The molecule has 0 unspecified atom stereocenters. The summed E-state index contributed by atoms with van der Waals surface area (Å²) in [7, 11) is 0. The van der Waals surface area contributed by atoms with E-state index in [9.17, 15) is 0 Å². The predicted molar refractivity (Wildman–Crippen MR) is 84.0 cm³/mol. The molecule has 0 aliphatic carbocycles. The average Bonchev–Trinajstić information content (AvgIpc) is 2.97. The molecule has 8 heteroatoms. The number of halogens is 2. The third-order valence-electron chi connectivity index (χ3n) is 2.59. The van der Waals surface area contributed by atoms with Gasteiger partial charge in [-0.2, -0.15) is 0 Å². The van der Waals surface area contributed by atoms with Crippen molar-refractivity contribution >= 4 is 39.3 Å². The Labute approximate surface area is 138 Å². The summed E-state index contributed by atoms with van der Waals surface area (Å²) >= 11 is 11.1. The van der Waals surface area contributed by atoms with E-state index in [0.29, 0.717) is 27.6 Å². The van der Waals surface area contributed by atoms with E-state index in [1.807, 2.05) is 18.2 Å². The summed E-state index contributed by atoms with van der Waals surface area (Å²) in [5.41, 5.74) is 1.54. The van der Waals surface area contributed by atoms with E-state index in [1.165, 1.54) is 11.8 Å². The monoisotopic (exact) mass is 382 g/mol. The van der Waals surface area contributed by atoms with Crippen LogP contribution in [0.25, 0.3) is 11.6 Å². The lowest BCUT2D eigenvalue weighted by molar-refractivity contribution is 0.464. The van der Waals surface area contributed by atoms with E-state index >= 15 is 0 Å². The molecule has 0 radical (unpaired) electrons. The molecule has 0 saturated carbocycles. The summed E-state index contributed by atoms with van der Waals surface area (Å²) in [6.45, 7) is 0. The van der Waals surface area contributed by atoms with Crippen LogP contribution in [-0.4, -0.2) is 20.2 Å². The summed E-state index contributed by atoms with van der Waals surface area (Å²) < 4.78 is 6.51. The van der Waals surface area contributed by atoms with Gasteiger partial charge in [0.25, 0.3) is 11.1 Å². The fraction of sp³-hybridized carbons (Fsp3) is 0.0769. The molecule has 0 aliphatic rings. The Morgan fingerprint density at radius 3 is 2.90 bits per heavy atom. The van der Waals surface area contributed by atoms with Crippen LogP contribution in [0.15, 0.2) is 50.9 Å². The minimum absolute atomic E-state index is 0.351. The van der Waals surface area contributed by atoms with Gasteiger partial charge >= 0.3 is 0 Å². The van der Waals surface area contributed by atoms with Gasteiger partial charge in [0.1, 0.15) is 5.69 Å². The second-order valence-electron chi connectivity index (χ2n) is 3.95. The minimum atomic E-state index is 0.351. The smallest absolute Gasteiger partial charge is 0.277 e. The Balaban J connectivity index is 1.74. The van der Waals surface area contributed by atoms with E-state index in [0.717, 1.165) is 10.0 Å². The van der Waals surface area contributed by atoms with E-state index in [1.54, 1.807) is 18.6 Å². The zero-order valence-corrected chi connectivity index (χ0v) is 13.7. The molecule has 0 spiro atoms. The van der Waals surface area contributed by atoms with Crippen LogP contribution in [0.4, 0.5) is 0 Å². The van der Waals surface area contributed by atoms with E-state index in [2.05, 4.69) is 36.1 Å². The number of rotatable bonds is 4. The van der Waals surface area contributed by atoms with Crippen molar-refractivity contribution in [2.24, 2.45) is 0 Å². The highest BCUT2D eigenvalue weighted by Crippen LogP contribution is 2.31. The molecule has 3 rings (SSSR count). The van der Waals surface area contributed by atoms with Crippen molar-refractivity contribution in [1.82, 2.24) is 20.2 Å². The minimum Gasteiger partial charge on any atom is -0.410 e. The standard InChI is InChI=1S/C13H8BrClN4OS/c14-9-2-1-3-10(15)8(9)7-21-13-19-18-12(20-13)11-6-16-4-5-17-11/h1-6H,7H2. The molecule has 0 fully saturated rings. The Morgan fingerprint density at radius 2 is 2.14 bits per heavy atom. The third-order valence-corrected chi connectivity index (χ3v) is 4.53. The molecule has 2 aromatic heterocycles. The van der Waals surface area contributed by atoms with Crippen LogP contribution in [-0.2, 0) is 5.75 Å². The molecule has 2 heterocycles. The molecule has 106 valence electrons. The van der Waals surface area contributed by atoms with Crippen LogP contribution in [0, 0.1) is 0 Å². The van der Waals surface area contributed by atoms with Crippen LogP contribution in [0.2, 0.25) is 5.02 Å². The van der Waals surface area contributed by atoms with Gasteiger partial charge in [-0.25, -0.2) is 4.98 Å². The second kappa shape index (κ2) is 6.55. The summed E-state index contributed by atoms with van der Waals surface area (Å²) in [4.78, 5) is 8.08. The van der Waals surface area contributed by atoms with E-state index in [4.69, 9.17) is 16.0 Å². The molecule has 0 bridgehead atoms. The zero-order chi connectivity index (χ0) is 14.7. The predicted octanol–water partition coefficient (Wildman–Crippen LogP) is 4.23. The SMILES string of the molecule is Clc1cccc(Br)c1CSc1nnc(-c2cnccn2)o1. The molecule has 3 aromatic rings. The van der Waals surface area contributed by atoms with Gasteiger partial charge < -0.3 is 4.42 Å². The van der Waals surface area contributed by atoms with Gasteiger partial charge in [0.2, 0.25) is 0 Å². The van der Waals surface area contributed by atoms with E-state index < -0.39 is 0 Å². The highest BCUT2D eigenvalue weighted by atomic mass is 79.9. The fourth-order valence-corrected chi connectivity index (χ4v) is 3.53. The molecule has 0 aliphatic heterocycles. The first-order chi connectivity index (χ1) is 10.2. The van der Waals surface area contributed by atoms with Crippen LogP contribution in [0.5, 0.6) is 0 Å². The maximum Gasteiger partial charge on any atom is 0.277 e. The lowest BCUT2D eigenvalue weighted by atomic mass is 10.2. The molecule has 21 heavy (non-hydrogen) atoms. The van der Waals surface area contributed by atoms with E-state index in [-0.39, 0.29) is 0 Å². The summed E-state index contributed by atoms with van der Waals surface area (Å²) in [5, 5.41) is 9.11. The van der Waals surface area contributed by atoms with Gasteiger partial charge in [-0.05, 0) is 17.7 Å². The first-order valence-corrected chi connectivity index (χ1v) is 8.05. The van der Waals surface area contributed by atoms with Crippen molar-refractivity contribution in [3.63, 3.8) is 0 Å². The van der Waals surface area contributed by atoms with Crippen LogP contribution in [0.3, 0.4) is 0 Å². The quantitative estimate of drug-likeness (QED) is 0.628. The van der Waals surface area contributed by atoms with Crippen molar-refractivity contribution in [2.75, 3.05) is 0 Å². The largest absolute Gasteiger partial charge is 0.410 e. The molecular weight excluding hydrogens is 376 g/mol. The molecule has 1 aromatic carbocycles. The maximum atomic E-state index is 6.17. The second-order valence-corrected chi connectivity index (χ2v) is 6.14. The van der Waals surface area contributed by atoms with Gasteiger partial charge in [0.15, 0.2) is 0 Å². The molecule has 5 nitrogen and oxygen atoms in total. The normalized spacial score (nSPS) is 10.8. The lowest BCUT2D eigenvalue weighted by Crippen LogP contribution is -1.85. The number of aromatic nitrogens is 4. The summed E-state index contributed by atoms with van der Waals surface area (Å²) in [6.07, 6.45) is 4.74. The topological polar surface area (TPSA) is 64.7 Å². The Morgan fingerprint density at radius 1 is 1.24 bits per heavy atom. The molecule has 0 amide bonds. The summed E-state index contributed by atoms with van der Waals surface area (Å²) in [6, 6.07) is 5.68. The van der Waals surface area contributed by atoms with Crippen molar-refractivity contribution in [3.8, 4) is 11.6 Å². The highest BCUT2D eigenvalue weighted by Gasteiger charge is 2.12. The number of hydrogen-bond acceptors (Lipinski definition) is 6. The van der Waals surface area contributed by atoms with Gasteiger partial charge in [0, 0.05) is 27.6 Å². The number of benzene rings is 1. The van der Waals surface area contributed by atoms with Gasteiger partial charge in [0.05, 0.1) is 6.20 Å². The van der Waals surface area contributed by atoms with Crippen LogP contribution < -0.4 is 0 Å². The average molecular weight is 384 g/mol. The van der Waals surface area contributed by atoms with Gasteiger partial charge in [-0.1, -0.05) is 45.4 Å². The van der Waals surface area contributed by atoms with Gasteiger partial charge in [-0.3, -0.25) is 4.98 Å². The molecular formula is C13H8BrClN4OS. The Hall–Kier alpha value is -1.44. The van der Waals surface area contributed by atoms with Crippen molar-refractivity contribution in [1.29, 1.82) is 0 Å². The van der Waals surface area contributed by atoms with Crippen molar-refractivity contribution in [2.45, 2.75) is 11.0 Å². The van der Waals surface area contributed by atoms with Gasteiger partial charge in [-0.15, -0.1) is 10.2 Å². The van der Waals surface area contributed by atoms with Crippen LogP contribution in [0.1, 0.15) is 5.56 Å². The Bertz CT molecular complexity index is 733. The molecule has 0 atom stereocenters. The first-order valence-electron chi connectivity index (χ1n) is 5.89. The number of thioether (sulfide) groups is 1. The highest BCUT2D eigenvalue weighted by molar-refractivity contribution is 9.10. The fourth-order valence-electron chi connectivity index (χ4n) is 1.59. The van der Waals surface area contributed by atoms with Crippen LogP contribution >= 0.6 is 39.3 Å². The molecule has 0 N–H and O–H groups in total. The number of hydrogen-bond donors (Lipinski definition) is 0. The summed E-state index contributed by atoms with van der Waals surface area (Å²) in [5.74, 6) is 0.978. The first kappa shape index (κ1) is 14.5. The maximum absolute atomic E-state index is 6.17. The molecule has 0 saturated heterocycles.